The lowest BCUT2D eigenvalue weighted by Crippen LogP contribution is -2.47. The fourth-order valence-corrected chi connectivity index (χ4v) is 4.53. The first kappa shape index (κ1) is 23.9. The molecule has 9 nitrogen and oxygen atoms in total. The SMILES string of the molecule is CCCC(=O)NC[C@@H]1CCCN(C(=O)CNS(=O)(=O)c2cc(OC)ccc2OC)C1. The summed E-state index contributed by atoms with van der Waals surface area (Å²) < 4.78 is 38.0. The van der Waals surface area contributed by atoms with Crippen molar-refractivity contribution in [2.24, 2.45) is 5.92 Å². The van der Waals surface area contributed by atoms with Crippen LogP contribution in [0.3, 0.4) is 0 Å². The van der Waals surface area contributed by atoms with Crippen LogP contribution >= 0.6 is 0 Å². The van der Waals surface area contributed by atoms with Crippen LogP contribution in [0.25, 0.3) is 0 Å². The summed E-state index contributed by atoms with van der Waals surface area (Å²) in [5, 5.41) is 2.90. The average molecular weight is 442 g/mol. The largest absolute Gasteiger partial charge is 0.497 e. The summed E-state index contributed by atoms with van der Waals surface area (Å²) >= 11 is 0. The van der Waals surface area contributed by atoms with Crippen molar-refractivity contribution in [3.63, 3.8) is 0 Å². The lowest BCUT2D eigenvalue weighted by Gasteiger charge is -2.33. The third-order valence-corrected chi connectivity index (χ3v) is 6.43. The van der Waals surface area contributed by atoms with Gasteiger partial charge in [0.1, 0.15) is 16.4 Å². The fourth-order valence-electron chi connectivity index (χ4n) is 3.37. The molecular formula is C20H31N3O6S. The number of carbonyl (C=O) groups excluding carboxylic acids is 2. The van der Waals surface area contributed by atoms with Gasteiger partial charge in [-0.1, -0.05) is 6.92 Å². The Balaban J connectivity index is 1.95. The molecule has 10 heteroatoms. The summed E-state index contributed by atoms with van der Waals surface area (Å²) in [5.41, 5.74) is 0. The third kappa shape index (κ3) is 6.60. The van der Waals surface area contributed by atoms with Gasteiger partial charge in [-0.05, 0) is 37.3 Å². The van der Waals surface area contributed by atoms with E-state index in [1.54, 1.807) is 11.0 Å². The van der Waals surface area contributed by atoms with Crippen molar-refractivity contribution >= 4 is 21.8 Å². The number of rotatable bonds is 10. The van der Waals surface area contributed by atoms with Crippen molar-refractivity contribution < 1.29 is 27.5 Å². The number of ether oxygens (including phenoxy) is 2. The Morgan fingerprint density at radius 1 is 1.23 bits per heavy atom. The monoisotopic (exact) mass is 441 g/mol. The van der Waals surface area contributed by atoms with Crippen molar-refractivity contribution in [1.82, 2.24) is 14.9 Å². The Labute approximate surface area is 178 Å². The molecule has 1 aliphatic rings. The van der Waals surface area contributed by atoms with Crippen molar-refractivity contribution in [3.05, 3.63) is 18.2 Å². The molecule has 1 atom stereocenters. The Morgan fingerprint density at radius 2 is 2.00 bits per heavy atom. The number of nitrogens with zero attached hydrogens (tertiary/aromatic N) is 1. The molecule has 2 rings (SSSR count). The minimum absolute atomic E-state index is 0.0148. The van der Waals surface area contributed by atoms with Gasteiger partial charge in [0.15, 0.2) is 0 Å². The van der Waals surface area contributed by atoms with Gasteiger partial charge in [-0.25, -0.2) is 13.1 Å². The lowest BCUT2D eigenvalue weighted by molar-refractivity contribution is -0.131. The van der Waals surface area contributed by atoms with E-state index in [0.717, 1.165) is 19.3 Å². The van der Waals surface area contributed by atoms with Gasteiger partial charge in [-0.3, -0.25) is 9.59 Å². The molecular weight excluding hydrogens is 410 g/mol. The molecule has 0 bridgehead atoms. The highest BCUT2D eigenvalue weighted by Gasteiger charge is 2.26. The molecule has 0 spiro atoms. The molecule has 1 fully saturated rings. The van der Waals surface area contributed by atoms with Crippen molar-refractivity contribution in [1.29, 1.82) is 0 Å². The van der Waals surface area contributed by atoms with Gasteiger partial charge >= 0.3 is 0 Å². The van der Waals surface area contributed by atoms with Crippen molar-refractivity contribution in [2.75, 3.05) is 40.4 Å². The van der Waals surface area contributed by atoms with Crippen molar-refractivity contribution in [3.8, 4) is 11.5 Å². The molecule has 0 saturated carbocycles. The number of amides is 2. The maximum atomic E-state index is 12.7. The van der Waals surface area contributed by atoms with Crippen LogP contribution in [-0.4, -0.2) is 65.5 Å². The minimum Gasteiger partial charge on any atom is -0.497 e. The quantitative estimate of drug-likeness (QED) is 0.563. The van der Waals surface area contributed by atoms with E-state index in [1.807, 2.05) is 6.92 Å². The molecule has 30 heavy (non-hydrogen) atoms. The lowest BCUT2D eigenvalue weighted by atomic mass is 9.98. The predicted octanol–water partition coefficient (Wildman–Crippen LogP) is 1.14. The van der Waals surface area contributed by atoms with Crippen LogP contribution < -0.4 is 19.5 Å². The summed E-state index contributed by atoms with van der Waals surface area (Å²) in [6.07, 6.45) is 3.02. The first-order valence-corrected chi connectivity index (χ1v) is 11.5. The highest BCUT2D eigenvalue weighted by Crippen LogP contribution is 2.28. The highest BCUT2D eigenvalue weighted by atomic mass is 32.2. The Hall–Kier alpha value is -2.33. The van der Waals surface area contributed by atoms with Crippen LogP contribution in [0.5, 0.6) is 11.5 Å². The van der Waals surface area contributed by atoms with Crippen LogP contribution in [-0.2, 0) is 19.6 Å². The van der Waals surface area contributed by atoms with E-state index in [0.29, 0.717) is 31.8 Å². The molecule has 0 radical (unpaired) electrons. The summed E-state index contributed by atoms with van der Waals surface area (Å²) in [6, 6.07) is 4.44. The number of methoxy groups -OCH3 is 2. The number of hydrogen-bond acceptors (Lipinski definition) is 6. The molecule has 1 aromatic rings. The van der Waals surface area contributed by atoms with Crippen LogP contribution in [0, 0.1) is 5.92 Å². The van der Waals surface area contributed by atoms with Crippen LogP contribution in [0.1, 0.15) is 32.6 Å². The number of carbonyl (C=O) groups is 2. The molecule has 168 valence electrons. The second-order valence-electron chi connectivity index (χ2n) is 7.24. The molecule has 1 saturated heterocycles. The topological polar surface area (TPSA) is 114 Å². The fraction of sp³-hybridized carbons (Fsp3) is 0.600. The molecule has 1 aromatic carbocycles. The number of benzene rings is 1. The molecule has 1 heterocycles. The van der Waals surface area contributed by atoms with E-state index in [1.165, 1.54) is 26.4 Å². The number of sulfonamides is 1. The summed E-state index contributed by atoms with van der Waals surface area (Å²) in [5.74, 6) is 0.410. The summed E-state index contributed by atoms with van der Waals surface area (Å²) in [6.45, 7) is 3.19. The molecule has 0 unspecified atom stereocenters. The minimum atomic E-state index is -3.97. The van der Waals surface area contributed by atoms with Gasteiger partial charge < -0.3 is 19.7 Å². The van der Waals surface area contributed by atoms with Crippen LogP contribution in [0.2, 0.25) is 0 Å². The molecule has 0 aliphatic carbocycles. The number of likely N-dealkylation sites (tertiary alicyclic amines) is 1. The summed E-state index contributed by atoms with van der Waals surface area (Å²) in [7, 11) is -1.16. The standard InChI is InChI=1S/C20H31N3O6S/c1-4-6-19(24)21-12-15-7-5-10-23(14-15)20(25)13-22-30(26,27)18-11-16(28-2)8-9-17(18)29-3/h8-9,11,15,22H,4-7,10,12-14H2,1-3H3,(H,21,24)/t15-/m0/s1. The maximum absolute atomic E-state index is 12.7. The normalized spacial score (nSPS) is 16.8. The van der Waals surface area contributed by atoms with E-state index >= 15 is 0 Å². The number of piperidine rings is 1. The smallest absolute Gasteiger partial charge is 0.244 e. The van der Waals surface area contributed by atoms with Gasteiger partial charge in [-0.15, -0.1) is 0 Å². The number of nitrogens with one attached hydrogen (secondary N) is 2. The highest BCUT2D eigenvalue weighted by molar-refractivity contribution is 7.89. The van der Waals surface area contributed by atoms with Gasteiger partial charge in [0.25, 0.3) is 0 Å². The average Bonchev–Trinajstić information content (AvgIpc) is 2.76. The second-order valence-corrected chi connectivity index (χ2v) is 8.98. The molecule has 0 aromatic heterocycles. The second kappa shape index (κ2) is 11.2. The van der Waals surface area contributed by atoms with Crippen molar-refractivity contribution in [2.45, 2.75) is 37.5 Å². The van der Waals surface area contributed by atoms with E-state index in [4.69, 9.17) is 9.47 Å². The molecule has 2 amide bonds. The van der Waals surface area contributed by atoms with Gasteiger partial charge in [0, 0.05) is 32.1 Å². The van der Waals surface area contributed by atoms with Gasteiger partial charge in [-0.2, -0.15) is 0 Å². The Bertz CT molecular complexity index is 843. The maximum Gasteiger partial charge on any atom is 0.244 e. The Kier molecular flexibility index (Phi) is 8.91. The number of hydrogen-bond donors (Lipinski definition) is 2. The Morgan fingerprint density at radius 3 is 2.67 bits per heavy atom. The third-order valence-electron chi connectivity index (χ3n) is 5.01. The first-order valence-electron chi connectivity index (χ1n) is 10.1. The molecule has 2 N–H and O–H groups in total. The zero-order valence-corrected chi connectivity index (χ0v) is 18.6. The van der Waals surface area contributed by atoms with Gasteiger partial charge in [0.2, 0.25) is 21.8 Å². The van der Waals surface area contributed by atoms with E-state index in [-0.39, 0.29) is 34.9 Å². The van der Waals surface area contributed by atoms with Crippen LogP contribution in [0.15, 0.2) is 23.1 Å². The molecule has 1 aliphatic heterocycles. The van der Waals surface area contributed by atoms with E-state index in [2.05, 4.69) is 10.0 Å². The zero-order valence-electron chi connectivity index (χ0n) is 17.8. The summed E-state index contributed by atoms with van der Waals surface area (Å²) in [4.78, 5) is 25.8. The van der Waals surface area contributed by atoms with E-state index in [9.17, 15) is 18.0 Å². The predicted molar refractivity (Wildman–Crippen MR) is 112 cm³/mol. The van der Waals surface area contributed by atoms with E-state index < -0.39 is 10.0 Å². The van der Waals surface area contributed by atoms with Crippen LogP contribution in [0.4, 0.5) is 0 Å². The van der Waals surface area contributed by atoms with Gasteiger partial charge in [0.05, 0.1) is 20.8 Å². The zero-order chi connectivity index (χ0) is 22.1. The first-order chi connectivity index (χ1) is 14.3.